The summed E-state index contributed by atoms with van der Waals surface area (Å²) in [6.45, 7) is 1.86. The zero-order valence-corrected chi connectivity index (χ0v) is 14.1. The van der Waals surface area contributed by atoms with E-state index in [1.54, 1.807) is 31.3 Å². The first-order chi connectivity index (χ1) is 12.0. The number of rotatable bonds is 5. The van der Waals surface area contributed by atoms with Crippen molar-refractivity contribution in [3.05, 3.63) is 76.9 Å². The Morgan fingerprint density at radius 3 is 2.28 bits per heavy atom. The summed E-state index contributed by atoms with van der Waals surface area (Å²) >= 11 is 0. The lowest BCUT2D eigenvalue weighted by Gasteiger charge is -2.13. The maximum Gasteiger partial charge on any atom is 0.262 e. The quantitative estimate of drug-likeness (QED) is 0.652. The number of nitriles is 1. The molecule has 0 aromatic heterocycles. The van der Waals surface area contributed by atoms with Gasteiger partial charge in [0.1, 0.15) is 11.6 Å². The highest BCUT2D eigenvalue weighted by atomic mass is 16.2. The lowest BCUT2D eigenvalue weighted by atomic mass is 10.1. The molecule has 1 atom stereocenters. The van der Waals surface area contributed by atoms with Crippen LogP contribution in [0.1, 0.15) is 34.5 Å². The maximum absolute atomic E-state index is 12.3. The molecule has 0 aliphatic carbocycles. The molecule has 0 aliphatic heterocycles. The predicted octanol–water partition coefficient (Wildman–Crippen LogP) is 2.83. The van der Waals surface area contributed by atoms with E-state index in [4.69, 9.17) is 0 Å². The van der Waals surface area contributed by atoms with E-state index >= 15 is 0 Å². The minimum absolute atomic E-state index is 0.00970. The molecule has 2 rings (SSSR count). The first kappa shape index (κ1) is 18.0. The van der Waals surface area contributed by atoms with E-state index in [0.29, 0.717) is 11.1 Å². The standard InChI is InChI=1S/C20H19N3O2/c1-14(16-6-4-3-5-7-16)23-20(25)18(13-21)12-15-8-10-17(11-9-15)19(24)22-2/h3-12,14H,1-2H3,(H,22,24)(H,23,25)/b18-12-. The van der Waals surface area contributed by atoms with Gasteiger partial charge in [0.25, 0.3) is 11.8 Å². The Balaban J connectivity index is 2.12. The van der Waals surface area contributed by atoms with Gasteiger partial charge in [0.2, 0.25) is 0 Å². The van der Waals surface area contributed by atoms with E-state index in [1.165, 1.54) is 6.08 Å². The molecule has 0 heterocycles. The summed E-state index contributed by atoms with van der Waals surface area (Å²) in [6, 6.07) is 17.9. The number of benzene rings is 2. The molecular formula is C20H19N3O2. The molecule has 0 fully saturated rings. The zero-order valence-electron chi connectivity index (χ0n) is 14.1. The molecule has 0 bridgehead atoms. The van der Waals surface area contributed by atoms with Crippen molar-refractivity contribution in [2.24, 2.45) is 0 Å². The molecule has 126 valence electrons. The molecule has 5 nitrogen and oxygen atoms in total. The lowest BCUT2D eigenvalue weighted by molar-refractivity contribution is -0.117. The normalized spacial score (nSPS) is 12.0. The highest BCUT2D eigenvalue weighted by molar-refractivity contribution is 6.02. The summed E-state index contributed by atoms with van der Waals surface area (Å²) in [4.78, 5) is 23.8. The predicted molar refractivity (Wildman–Crippen MR) is 96.4 cm³/mol. The average molecular weight is 333 g/mol. The van der Waals surface area contributed by atoms with Gasteiger partial charge < -0.3 is 10.6 Å². The Bertz CT molecular complexity index is 818. The fourth-order valence-corrected chi connectivity index (χ4v) is 2.29. The van der Waals surface area contributed by atoms with Crippen LogP contribution in [0.3, 0.4) is 0 Å². The van der Waals surface area contributed by atoms with Gasteiger partial charge in [0, 0.05) is 12.6 Å². The number of nitrogens with one attached hydrogen (secondary N) is 2. The van der Waals surface area contributed by atoms with Gasteiger partial charge >= 0.3 is 0 Å². The van der Waals surface area contributed by atoms with Crippen LogP contribution in [0, 0.1) is 11.3 Å². The molecule has 0 radical (unpaired) electrons. The zero-order chi connectivity index (χ0) is 18.2. The summed E-state index contributed by atoms with van der Waals surface area (Å²) in [5, 5.41) is 14.6. The van der Waals surface area contributed by atoms with Crippen LogP contribution in [-0.2, 0) is 4.79 Å². The van der Waals surface area contributed by atoms with Gasteiger partial charge in [-0.25, -0.2) is 0 Å². The minimum atomic E-state index is -0.436. The molecule has 0 saturated carbocycles. The lowest BCUT2D eigenvalue weighted by Crippen LogP contribution is -2.27. The van der Waals surface area contributed by atoms with E-state index in [9.17, 15) is 14.9 Å². The minimum Gasteiger partial charge on any atom is -0.355 e. The first-order valence-electron chi connectivity index (χ1n) is 7.85. The third-order valence-corrected chi connectivity index (χ3v) is 3.72. The largest absolute Gasteiger partial charge is 0.355 e. The Labute approximate surface area is 147 Å². The second kappa shape index (κ2) is 8.46. The molecule has 0 aliphatic rings. The van der Waals surface area contributed by atoms with Crippen molar-refractivity contribution in [3.63, 3.8) is 0 Å². The summed E-state index contributed by atoms with van der Waals surface area (Å²) < 4.78 is 0. The van der Waals surface area contributed by atoms with E-state index in [2.05, 4.69) is 10.6 Å². The molecule has 0 saturated heterocycles. The van der Waals surface area contributed by atoms with Gasteiger partial charge in [-0.15, -0.1) is 0 Å². The van der Waals surface area contributed by atoms with Crippen molar-refractivity contribution >= 4 is 17.9 Å². The van der Waals surface area contributed by atoms with Crippen LogP contribution < -0.4 is 10.6 Å². The van der Waals surface area contributed by atoms with Gasteiger partial charge in [0.05, 0.1) is 6.04 Å². The molecular weight excluding hydrogens is 314 g/mol. The van der Waals surface area contributed by atoms with Gasteiger partial charge in [-0.2, -0.15) is 5.26 Å². The smallest absolute Gasteiger partial charge is 0.262 e. The Morgan fingerprint density at radius 1 is 1.08 bits per heavy atom. The fraction of sp³-hybridized carbons (Fsp3) is 0.150. The number of carbonyl (C=O) groups is 2. The fourth-order valence-electron chi connectivity index (χ4n) is 2.29. The average Bonchev–Trinajstić information content (AvgIpc) is 2.66. The van der Waals surface area contributed by atoms with Crippen molar-refractivity contribution in [1.29, 1.82) is 5.26 Å². The monoisotopic (exact) mass is 333 g/mol. The van der Waals surface area contributed by atoms with Crippen LogP contribution >= 0.6 is 0 Å². The third-order valence-electron chi connectivity index (χ3n) is 3.72. The highest BCUT2D eigenvalue weighted by Gasteiger charge is 2.13. The Hall–Kier alpha value is -3.39. The second-order valence-corrected chi connectivity index (χ2v) is 5.48. The molecule has 2 N–H and O–H groups in total. The number of amides is 2. The van der Waals surface area contributed by atoms with Gasteiger partial charge in [-0.3, -0.25) is 9.59 Å². The Morgan fingerprint density at radius 2 is 1.72 bits per heavy atom. The van der Waals surface area contributed by atoms with E-state index < -0.39 is 5.91 Å². The molecule has 25 heavy (non-hydrogen) atoms. The molecule has 2 amide bonds. The number of carbonyl (C=O) groups excluding carboxylic acids is 2. The van der Waals surface area contributed by atoms with Crippen LogP contribution in [-0.4, -0.2) is 18.9 Å². The second-order valence-electron chi connectivity index (χ2n) is 5.48. The number of nitrogens with zero attached hydrogens (tertiary/aromatic N) is 1. The molecule has 0 spiro atoms. The van der Waals surface area contributed by atoms with E-state index in [-0.39, 0.29) is 17.5 Å². The molecule has 2 aromatic rings. The molecule has 2 aromatic carbocycles. The third kappa shape index (κ3) is 4.79. The van der Waals surface area contributed by atoms with Gasteiger partial charge in [-0.1, -0.05) is 42.5 Å². The van der Waals surface area contributed by atoms with E-state index in [0.717, 1.165) is 5.56 Å². The SMILES string of the molecule is CNC(=O)c1ccc(/C=C(/C#N)C(=O)NC(C)c2ccccc2)cc1. The van der Waals surface area contributed by atoms with E-state index in [1.807, 2.05) is 43.3 Å². The topological polar surface area (TPSA) is 82.0 Å². The summed E-state index contributed by atoms with van der Waals surface area (Å²) in [5.41, 5.74) is 2.16. The van der Waals surface area contributed by atoms with Gasteiger partial charge in [-0.05, 0) is 36.3 Å². The van der Waals surface area contributed by atoms with Crippen LogP contribution in [0.25, 0.3) is 6.08 Å². The molecule has 1 unspecified atom stereocenters. The first-order valence-corrected chi connectivity index (χ1v) is 7.85. The Kier molecular flexibility index (Phi) is 6.08. The van der Waals surface area contributed by atoms with Crippen molar-refractivity contribution in [2.75, 3.05) is 7.05 Å². The van der Waals surface area contributed by atoms with Crippen LogP contribution in [0.2, 0.25) is 0 Å². The van der Waals surface area contributed by atoms with Crippen molar-refractivity contribution in [1.82, 2.24) is 10.6 Å². The molecule has 5 heteroatoms. The number of hydrogen-bond donors (Lipinski definition) is 2. The van der Waals surface area contributed by atoms with Crippen molar-refractivity contribution < 1.29 is 9.59 Å². The summed E-state index contributed by atoms with van der Waals surface area (Å²) in [6.07, 6.45) is 1.50. The van der Waals surface area contributed by atoms with Crippen LogP contribution in [0.4, 0.5) is 0 Å². The van der Waals surface area contributed by atoms with Gasteiger partial charge in [0.15, 0.2) is 0 Å². The number of hydrogen-bond acceptors (Lipinski definition) is 3. The summed E-state index contributed by atoms with van der Waals surface area (Å²) in [5.74, 6) is -0.625. The maximum atomic E-state index is 12.3. The summed E-state index contributed by atoms with van der Waals surface area (Å²) in [7, 11) is 1.56. The van der Waals surface area contributed by atoms with Crippen LogP contribution in [0.5, 0.6) is 0 Å². The van der Waals surface area contributed by atoms with Crippen molar-refractivity contribution in [2.45, 2.75) is 13.0 Å². The highest BCUT2D eigenvalue weighted by Crippen LogP contribution is 2.14. The van der Waals surface area contributed by atoms with Crippen LogP contribution in [0.15, 0.2) is 60.2 Å². The van der Waals surface area contributed by atoms with Crippen molar-refractivity contribution in [3.8, 4) is 6.07 Å².